The van der Waals surface area contributed by atoms with Gasteiger partial charge in [0.2, 0.25) is 5.88 Å². The Kier molecular flexibility index (Phi) is 3.89. The summed E-state index contributed by atoms with van der Waals surface area (Å²) in [7, 11) is 1.56. The Bertz CT molecular complexity index is 286. The maximum atomic E-state index is 9.88. The first kappa shape index (κ1) is 11.0. The van der Waals surface area contributed by atoms with Crippen LogP contribution in [-0.2, 0) is 0 Å². The highest BCUT2D eigenvalue weighted by molar-refractivity contribution is 5.27. The van der Waals surface area contributed by atoms with E-state index in [1.807, 2.05) is 6.07 Å². The molecule has 0 bridgehead atoms. The van der Waals surface area contributed by atoms with Crippen molar-refractivity contribution in [2.45, 2.75) is 26.4 Å². The van der Waals surface area contributed by atoms with Crippen molar-refractivity contribution in [3.05, 3.63) is 23.9 Å². The summed E-state index contributed by atoms with van der Waals surface area (Å²) >= 11 is 0. The smallest absolute Gasteiger partial charge is 0.218 e. The molecule has 78 valence electrons. The molecule has 1 atom stereocenters. The van der Waals surface area contributed by atoms with Crippen LogP contribution in [0.3, 0.4) is 0 Å². The second kappa shape index (κ2) is 4.96. The summed E-state index contributed by atoms with van der Waals surface area (Å²) in [6.45, 7) is 4.15. The lowest BCUT2D eigenvalue weighted by Gasteiger charge is -2.15. The third kappa shape index (κ3) is 2.70. The zero-order chi connectivity index (χ0) is 10.6. The lowest BCUT2D eigenvalue weighted by Crippen LogP contribution is -2.04. The van der Waals surface area contributed by atoms with E-state index in [-0.39, 0.29) is 0 Å². The highest BCUT2D eigenvalue weighted by Gasteiger charge is 2.14. The zero-order valence-corrected chi connectivity index (χ0v) is 8.90. The van der Waals surface area contributed by atoms with Crippen LogP contribution in [0, 0.1) is 5.92 Å². The molecule has 0 saturated carbocycles. The monoisotopic (exact) mass is 195 g/mol. The molecule has 0 spiro atoms. The fourth-order valence-corrected chi connectivity index (χ4v) is 1.40. The van der Waals surface area contributed by atoms with E-state index in [4.69, 9.17) is 4.74 Å². The van der Waals surface area contributed by atoms with Crippen LogP contribution >= 0.6 is 0 Å². The number of aromatic nitrogens is 1. The van der Waals surface area contributed by atoms with Gasteiger partial charge in [0.25, 0.3) is 0 Å². The maximum Gasteiger partial charge on any atom is 0.218 e. The lowest BCUT2D eigenvalue weighted by atomic mass is 10.0. The van der Waals surface area contributed by atoms with Crippen molar-refractivity contribution in [2.75, 3.05) is 7.11 Å². The predicted molar refractivity (Wildman–Crippen MR) is 55.2 cm³/mol. The van der Waals surface area contributed by atoms with Crippen LogP contribution < -0.4 is 4.74 Å². The Morgan fingerprint density at radius 3 is 2.79 bits per heavy atom. The molecule has 1 aromatic heterocycles. The minimum absolute atomic E-state index is 0.454. The van der Waals surface area contributed by atoms with Gasteiger partial charge in [-0.15, -0.1) is 0 Å². The number of rotatable bonds is 4. The Labute approximate surface area is 84.7 Å². The molecule has 0 aliphatic carbocycles. The molecule has 1 heterocycles. The maximum absolute atomic E-state index is 9.88. The fourth-order valence-electron chi connectivity index (χ4n) is 1.40. The van der Waals surface area contributed by atoms with Gasteiger partial charge in [0.15, 0.2) is 0 Å². The number of methoxy groups -OCH3 is 1. The number of hydrogen-bond donors (Lipinski definition) is 1. The first-order chi connectivity index (χ1) is 6.65. The van der Waals surface area contributed by atoms with E-state index in [0.29, 0.717) is 11.8 Å². The van der Waals surface area contributed by atoms with E-state index < -0.39 is 6.10 Å². The third-order valence-electron chi connectivity index (χ3n) is 2.05. The zero-order valence-electron chi connectivity index (χ0n) is 8.90. The molecule has 0 saturated heterocycles. The minimum atomic E-state index is -0.487. The van der Waals surface area contributed by atoms with Gasteiger partial charge in [0.1, 0.15) is 0 Å². The predicted octanol–water partition coefficient (Wildman–Crippen LogP) is 2.17. The van der Waals surface area contributed by atoms with Crippen molar-refractivity contribution in [3.63, 3.8) is 0 Å². The fraction of sp³-hybridized carbons (Fsp3) is 0.545. The Balaban J connectivity index is 2.82. The topological polar surface area (TPSA) is 42.4 Å². The summed E-state index contributed by atoms with van der Waals surface area (Å²) in [5.74, 6) is 0.968. The molecule has 3 heteroatoms. The van der Waals surface area contributed by atoms with Gasteiger partial charge in [0.05, 0.1) is 13.2 Å². The van der Waals surface area contributed by atoms with E-state index in [1.54, 1.807) is 19.4 Å². The summed E-state index contributed by atoms with van der Waals surface area (Å²) in [5.41, 5.74) is 0.767. The minimum Gasteiger partial charge on any atom is -0.481 e. The molecule has 1 aromatic rings. The number of aliphatic hydroxyl groups excluding tert-OH is 1. The van der Waals surface area contributed by atoms with Crippen LogP contribution in [0.25, 0.3) is 0 Å². The van der Waals surface area contributed by atoms with Gasteiger partial charge >= 0.3 is 0 Å². The van der Waals surface area contributed by atoms with Crippen molar-refractivity contribution >= 4 is 0 Å². The van der Waals surface area contributed by atoms with Crippen molar-refractivity contribution in [1.29, 1.82) is 0 Å². The van der Waals surface area contributed by atoms with Crippen LogP contribution in [0.4, 0.5) is 0 Å². The molecular weight excluding hydrogens is 178 g/mol. The Morgan fingerprint density at radius 2 is 2.21 bits per heavy atom. The SMILES string of the molecule is COc1ncccc1C(O)CC(C)C. The summed E-state index contributed by atoms with van der Waals surface area (Å²) < 4.78 is 5.08. The van der Waals surface area contributed by atoms with E-state index in [9.17, 15) is 5.11 Å². The van der Waals surface area contributed by atoms with Crippen LogP contribution in [0.5, 0.6) is 5.88 Å². The van der Waals surface area contributed by atoms with E-state index in [2.05, 4.69) is 18.8 Å². The van der Waals surface area contributed by atoms with Crippen LogP contribution in [0.15, 0.2) is 18.3 Å². The number of aliphatic hydroxyl groups is 1. The Morgan fingerprint density at radius 1 is 1.50 bits per heavy atom. The largest absolute Gasteiger partial charge is 0.481 e. The number of nitrogens with zero attached hydrogens (tertiary/aromatic N) is 1. The van der Waals surface area contributed by atoms with Crippen LogP contribution in [-0.4, -0.2) is 17.2 Å². The van der Waals surface area contributed by atoms with Crippen molar-refractivity contribution < 1.29 is 9.84 Å². The standard InChI is InChI=1S/C11H17NO2/c1-8(2)7-10(13)9-5-4-6-12-11(9)14-3/h4-6,8,10,13H,7H2,1-3H3. The third-order valence-corrected chi connectivity index (χ3v) is 2.05. The molecule has 0 aromatic carbocycles. The molecule has 1 rings (SSSR count). The van der Waals surface area contributed by atoms with E-state index in [1.165, 1.54) is 0 Å². The normalized spacial score (nSPS) is 12.9. The molecule has 0 amide bonds. The van der Waals surface area contributed by atoms with E-state index in [0.717, 1.165) is 12.0 Å². The van der Waals surface area contributed by atoms with Crippen LogP contribution in [0.2, 0.25) is 0 Å². The molecular formula is C11H17NO2. The summed E-state index contributed by atoms with van der Waals surface area (Å²) in [4.78, 5) is 4.04. The molecule has 1 N–H and O–H groups in total. The molecule has 0 radical (unpaired) electrons. The molecule has 3 nitrogen and oxygen atoms in total. The molecule has 1 unspecified atom stereocenters. The van der Waals surface area contributed by atoms with Gasteiger partial charge in [-0.25, -0.2) is 4.98 Å². The van der Waals surface area contributed by atoms with Crippen molar-refractivity contribution in [2.24, 2.45) is 5.92 Å². The first-order valence-electron chi connectivity index (χ1n) is 4.82. The van der Waals surface area contributed by atoms with Gasteiger partial charge in [0, 0.05) is 11.8 Å². The molecule has 14 heavy (non-hydrogen) atoms. The summed E-state index contributed by atoms with van der Waals surface area (Å²) in [5, 5.41) is 9.88. The first-order valence-corrected chi connectivity index (χ1v) is 4.82. The van der Waals surface area contributed by atoms with Gasteiger partial charge < -0.3 is 9.84 Å². The average molecular weight is 195 g/mol. The van der Waals surface area contributed by atoms with Gasteiger partial charge in [-0.2, -0.15) is 0 Å². The number of hydrogen-bond acceptors (Lipinski definition) is 3. The number of pyridine rings is 1. The van der Waals surface area contributed by atoms with Gasteiger partial charge in [-0.05, 0) is 24.5 Å². The lowest BCUT2D eigenvalue weighted by molar-refractivity contribution is 0.146. The highest BCUT2D eigenvalue weighted by Crippen LogP contribution is 2.26. The Hall–Kier alpha value is -1.09. The second-order valence-electron chi connectivity index (χ2n) is 3.75. The van der Waals surface area contributed by atoms with E-state index >= 15 is 0 Å². The van der Waals surface area contributed by atoms with Gasteiger partial charge in [-0.3, -0.25) is 0 Å². The molecule has 0 fully saturated rings. The quantitative estimate of drug-likeness (QED) is 0.800. The van der Waals surface area contributed by atoms with Crippen molar-refractivity contribution in [3.8, 4) is 5.88 Å². The van der Waals surface area contributed by atoms with Gasteiger partial charge in [-0.1, -0.05) is 13.8 Å². The van der Waals surface area contributed by atoms with Crippen LogP contribution in [0.1, 0.15) is 31.9 Å². The summed E-state index contributed by atoms with van der Waals surface area (Å²) in [6, 6.07) is 3.65. The number of ether oxygens (including phenoxy) is 1. The summed E-state index contributed by atoms with van der Waals surface area (Å²) in [6.07, 6.45) is 1.89. The molecule has 0 aliphatic rings. The average Bonchev–Trinajstić information content (AvgIpc) is 2.16. The second-order valence-corrected chi connectivity index (χ2v) is 3.75. The molecule has 0 aliphatic heterocycles. The van der Waals surface area contributed by atoms with Crippen molar-refractivity contribution in [1.82, 2.24) is 4.98 Å². The highest BCUT2D eigenvalue weighted by atomic mass is 16.5.